The minimum absolute atomic E-state index is 0.668. The first-order chi connectivity index (χ1) is 9.22. The van der Waals surface area contributed by atoms with Gasteiger partial charge in [0, 0.05) is 11.4 Å². The summed E-state index contributed by atoms with van der Waals surface area (Å²) in [5.74, 6) is 0.865. The van der Waals surface area contributed by atoms with E-state index in [1.54, 1.807) is 0 Å². The Morgan fingerprint density at radius 1 is 1.11 bits per heavy atom. The Hall–Kier alpha value is -2.47. The second-order valence-electron chi connectivity index (χ2n) is 4.22. The van der Waals surface area contributed by atoms with E-state index in [1.807, 2.05) is 56.3 Å². The van der Waals surface area contributed by atoms with Crippen molar-refractivity contribution in [3.63, 3.8) is 0 Å². The lowest BCUT2D eigenvalue weighted by Gasteiger charge is -2.09. The Balaban J connectivity index is 2.13. The number of ether oxygens (including phenoxy) is 1. The SMILES string of the molecule is CCOc1ccc(Nc2ccc(C#N)c(C)c2)cc1. The second-order valence-corrected chi connectivity index (χ2v) is 4.22. The van der Waals surface area contributed by atoms with Crippen LogP contribution in [0.4, 0.5) is 11.4 Å². The largest absolute Gasteiger partial charge is 0.494 e. The Kier molecular flexibility index (Phi) is 4.04. The molecule has 0 aliphatic heterocycles. The summed E-state index contributed by atoms with van der Waals surface area (Å²) in [6.45, 7) is 4.56. The van der Waals surface area contributed by atoms with Crippen molar-refractivity contribution in [2.45, 2.75) is 13.8 Å². The maximum Gasteiger partial charge on any atom is 0.119 e. The molecule has 2 rings (SSSR count). The number of rotatable bonds is 4. The van der Waals surface area contributed by atoms with Crippen molar-refractivity contribution in [3.05, 3.63) is 53.6 Å². The van der Waals surface area contributed by atoms with Gasteiger partial charge in [-0.15, -0.1) is 0 Å². The molecule has 19 heavy (non-hydrogen) atoms. The van der Waals surface area contributed by atoms with Gasteiger partial charge in [-0.2, -0.15) is 5.26 Å². The summed E-state index contributed by atoms with van der Waals surface area (Å²) in [6.07, 6.45) is 0. The Morgan fingerprint density at radius 3 is 2.37 bits per heavy atom. The van der Waals surface area contributed by atoms with Crippen molar-refractivity contribution in [3.8, 4) is 11.8 Å². The maximum absolute atomic E-state index is 8.90. The predicted octanol–water partition coefficient (Wildman–Crippen LogP) is 4.01. The normalized spacial score (nSPS) is 9.74. The lowest BCUT2D eigenvalue weighted by atomic mass is 10.1. The summed E-state index contributed by atoms with van der Waals surface area (Å²) in [4.78, 5) is 0. The van der Waals surface area contributed by atoms with Crippen LogP contribution in [0.2, 0.25) is 0 Å². The first-order valence-corrected chi connectivity index (χ1v) is 6.23. The van der Waals surface area contributed by atoms with Crippen LogP contribution in [0.5, 0.6) is 5.75 Å². The number of hydrogen-bond acceptors (Lipinski definition) is 3. The third-order valence-corrected chi connectivity index (χ3v) is 2.80. The van der Waals surface area contributed by atoms with Gasteiger partial charge in [0.15, 0.2) is 0 Å². The van der Waals surface area contributed by atoms with Gasteiger partial charge < -0.3 is 10.1 Å². The molecule has 0 saturated carbocycles. The van der Waals surface area contributed by atoms with E-state index in [1.165, 1.54) is 0 Å². The molecule has 0 heterocycles. The van der Waals surface area contributed by atoms with Crippen molar-refractivity contribution >= 4 is 11.4 Å². The van der Waals surface area contributed by atoms with Crippen molar-refractivity contribution in [2.24, 2.45) is 0 Å². The quantitative estimate of drug-likeness (QED) is 0.894. The molecule has 0 amide bonds. The fourth-order valence-corrected chi connectivity index (χ4v) is 1.83. The van der Waals surface area contributed by atoms with Crippen LogP contribution in [0.15, 0.2) is 42.5 Å². The molecule has 2 aromatic rings. The lowest BCUT2D eigenvalue weighted by Crippen LogP contribution is -1.94. The molecule has 3 heteroatoms. The molecule has 96 valence electrons. The van der Waals surface area contributed by atoms with Crippen LogP contribution in [0.25, 0.3) is 0 Å². The van der Waals surface area contributed by atoms with Gasteiger partial charge >= 0.3 is 0 Å². The third kappa shape index (κ3) is 3.26. The molecule has 0 atom stereocenters. The van der Waals surface area contributed by atoms with E-state index in [2.05, 4.69) is 11.4 Å². The van der Waals surface area contributed by atoms with Crippen LogP contribution in [0.1, 0.15) is 18.1 Å². The number of aryl methyl sites for hydroxylation is 1. The molecular formula is C16H16N2O. The monoisotopic (exact) mass is 252 g/mol. The highest BCUT2D eigenvalue weighted by atomic mass is 16.5. The van der Waals surface area contributed by atoms with Crippen LogP contribution in [0, 0.1) is 18.3 Å². The molecule has 0 bridgehead atoms. The number of nitrogens with zero attached hydrogens (tertiary/aromatic N) is 1. The van der Waals surface area contributed by atoms with Gasteiger partial charge in [-0.05, 0) is 61.9 Å². The van der Waals surface area contributed by atoms with Gasteiger partial charge in [-0.3, -0.25) is 0 Å². The second kappa shape index (κ2) is 5.92. The van der Waals surface area contributed by atoms with Crippen molar-refractivity contribution in [1.82, 2.24) is 0 Å². The zero-order valence-electron chi connectivity index (χ0n) is 11.1. The minimum Gasteiger partial charge on any atom is -0.494 e. The van der Waals surface area contributed by atoms with Gasteiger partial charge in [0.2, 0.25) is 0 Å². The van der Waals surface area contributed by atoms with Gasteiger partial charge in [0.1, 0.15) is 5.75 Å². The summed E-state index contributed by atoms with van der Waals surface area (Å²) >= 11 is 0. The van der Waals surface area contributed by atoms with Crippen molar-refractivity contribution in [2.75, 3.05) is 11.9 Å². The molecule has 0 spiro atoms. The molecule has 0 fully saturated rings. The van der Waals surface area contributed by atoms with E-state index >= 15 is 0 Å². The zero-order valence-corrected chi connectivity index (χ0v) is 11.1. The van der Waals surface area contributed by atoms with Gasteiger partial charge in [0.25, 0.3) is 0 Å². The zero-order chi connectivity index (χ0) is 13.7. The Labute approximate surface area is 113 Å². The van der Waals surface area contributed by atoms with E-state index in [0.29, 0.717) is 12.2 Å². The summed E-state index contributed by atoms with van der Waals surface area (Å²) in [7, 11) is 0. The van der Waals surface area contributed by atoms with E-state index in [4.69, 9.17) is 10.00 Å². The molecule has 0 radical (unpaired) electrons. The van der Waals surface area contributed by atoms with E-state index in [9.17, 15) is 0 Å². The third-order valence-electron chi connectivity index (χ3n) is 2.80. The smallest absolute Gasteiger partial charge is 0.119 e. The summed E-state index contributed by atoms with van der Waals surface area (Å²) in [6, 6.07) is 15.7. The van der Waals surface area contributed by atoms with E-state index in [0.717, 1.165) is 22.7 Å². The van der Waals surface area contributed by atoms with E-state index in [-0.39, 0.29) is 0 Å². The van der Waals surface area contributed by atoms with Crippen LogP contribution in [-0.4, -0.2) is 6.61 Å². The average molecular weight is 252 g/mol. The predicted molar refractivity (Wildman–Crippen MR) is 76.8 cm³/mol. The summed E-state index contributed by atoms with van der Waals surface area (Å²) < 4.78 is 5.40. The highest BCUT2D eigenvalue weighted by Gasteiger charge is 2.00. The highest BCUT2D eigenvalue weighted by molar-refractivity contribution is 5.62. The summed E-state index contributed by atoms with van der Waals surface area (Å²) in [5, 5.41) is 12.2. The first kappa shape index (κ1) is 13.0. The maximum atomic E-state index is 8.90. The average Bonchev–Trinajstić information content (AvgIpc) is 2.42. The standard InChI is InChI=1S/C16H16N2O/c1-3-19-16-8-6-14(7-9-16)18-15-5-4-13(11-17)12(2)10-15/h4-10,18H,3H2,1-2H3. The molecule has 1 N–H and O–H groups in total. The van der Waals surface area contributed by atoms with Gasteiger partial charge in [-0.25, -0.2) is 0 Å². The number of nitrogens with one attached hydrogen (secondary N) is 1. The first-order valence-electron chi connectivity index (χ1n) is 6.23. The molecule has 0 unspecified atom stereocenters. The van der Waals surface area contributed by atoms with Crippen LogP contribution in [0.3, 0.4) is 0 Å². The lowest BCUT2D eigenvalue weighted by molar-refractivity contribution is 0.340. The molecule has 3 nitrogen and oxygen atoms in total. The highest BCUT2D eigenvalue weighted by Crippen LogP contribution is 2.21. The minimum atomic E-state index is 0.668. The van der Waals surface area contributed by atoms with Crippen LogP contribution >= 0.6 is 0 Å². The molecule has 2 aromatic carbocycles. The number of nitriles is 1. The molecule has 0 aliphatic rings. The number of anilines is 2. The molecule has 0 aromatic heterocycles. The molecule has 0 aliphatic carbocycles. The van der Waals surface area contributed by atoms with Crippen LogP contribution < -0.4 is 10.1 Å². The van der Waals surface area contributed by atoms with Gasteiger partial charge in [-0.1, -0.05) is 0 Å². The Morgan fingerprint density at radius 2 is 1.79 bits per heavy atom. The Bertz CT molecular complexity index is 597. The molecular weight excluding hydrogens is 236 g/mol. The fourth-order valence-electron chi connectivity index (χ4n) is 1.83. The van der Waals surface area contributed by atoms with Gasteiger partial charge in [0.05, 0.1) is 18.2 Å². The van der Waals surface area contributed by atoms with Crippen LogP contribution in [-0.2, 0) is 0 Å². The van der Waals surface area contributed by atoms with Crippen molar-refractivity contribution in [1.29, 1.82) is 5.26 Å². The topological polar surface area (TPSA) is 45.0 Å². The molecule has 0 saturated heterocycles. The van der Waals surface area contributed by atoms with E-state index < -0.39 is 0 Å². The fraction of sp³-hybridized carbons (Fsp3) is 0.188. The van der Waals surface area contributed by atoms with Crippen molar-refractivity contribution < 1.29 is 4.74 Å². The number of benzene rings is 2. The summed E-state index contributed by atoms with van der Waals surface area (Å²) in [5.41, 5.74) is 3.64. The number of hydrogen-bond donors (Lipinski definition) is 1.